The number of nitrogens with one attached hydrogen (secondary N) is 1. The molecule has 1 unspecified atom stereocenters. The summed E-state index contributed by atoms with van der Waals surface area (Å²) in [6.07, 6.45) is 4.00. The largest absolute Gasteiger partial charge is 0.377 e. The Hall–Kier alpha value is -0.930. The monoisotopic (exact) mass is 208 g/mol. The fraction of sp³-hybridized carbons (Fsp3) is 0.583. The van der Waals surface area contributed by atoms with E-state index >= 15 is 0 Å². The molecule has 1 N–H and O–H groups in total. The fourth-order valence-electron chi connectivity index (χ4n) is 1.44. The van der Waals surface area contributed by atoms with E-state index < -0.39 is 0 Å². The minimum Gasteiger partial charge on any atom is -0.377 e. The second kappa shape index (κ2) is 6.53. The maximum atomic E-state index is 5.43. The zero-order valence-electron chi connectivity index (χ0n) is 9.79. The maximum Gasteiger partial charge on any atom is 0.0671 e. The lowest BCUT2D eigenvalue weighted by molar-refractivity contribution is 0.0759. The van der Waals surface area contributed by atoms with Gasteiger partial charge in [-0.3, -0.25) is 4.98 Å². The van der Waals surface area contributed by atoms with Crippen LogP contribution in [-0.4, -0.2) is 24.2 Å². The lowest BCUT2D eigenvalue weighted by Crippen LogP contribution is -2.26. The van der Waals surface area contributed by atoms with Crippen molar-refractivity contribution < 1.29 is 4.74 Å². The molecule has 3 heteroatoms. The number of aryl methyl sites for hydroxylation is 1. The van der Waals surface area contributed by atoms with Gasteiger partial charge in [0.15, 0.2) is 0 Å². The zero-order valence-corrected chi connectivity index (χ0v) is 9.79. The van der Waals surface area contributed by atoms with E-state index in [0.717, 1.165) is 19.7 Å². The smallest absolute Gasteiger partial charge is 0.0671 e. The summed E-state index contributed by atoms with van der Waals surface area (Å²) in [5.74, 6) is 0. The highest BCUT2D eigenvalue weighted by Gasteiger charge is 2.01. The Morgan fingerprint density at radius 1 is 1.53 bits per heavy atom. The summed E-state index contributed by atoms with van der Waals surface area (Å²) in [5, 5.41) is 3.36. The van der Waals surface area contributed by atoms with Crippen molar-refractivity contribution >= 4 is 0 Å². The van der Waals surface area contributed by atoms with Gasteiger partial charge in [0.05, 0.1) is 6.10 Å². The molecule has 0 saturated carbocycles. The highest BCUT2D eigenvalue weighted by molar-refractivity contribution is 5.20. The van der Waals surface area contributed by atoms with Gasteiger partial charge in [-0.1, -0.05) is 0 Å². The Labute approximate surface area is 91.9 Å². The van der Waals surface area contributed by atoms with Gasteiger partial charge in [-0.05, 0) is 38.0 Å². The van der Waals surface area contributed by atoms with Crippen LogP contribution < -0.4 is 5.32 Å². The molecule has 0 amide bonds. The predicted molar refractivity (Wildman–Crippen MR) is 61.8 cm³/mol. The third-order valence-electron chi connectivity index (χ3n) is 2.35. The summed E-state index contributed by atoms with van der Waals surface area (Å²) in [5.41, 5.74) is 2.53. The van der Waals surface area contributed by atoms with Gasteiger partial charge in [-0.2, -0.15) is 0 Å². The van der Waals surface area contributed by atoms with E-state index in [2.05, 4.69) is 24.1 Å². The van der Waals surface area contributed by atoms with Gasteiger partial charge in [-0.15, -0.1) is 0 Å². The minimum atomic E-state index is 0.270. The molecule has 3 nitrogen and oxygen atoms in total. The predicted octanol–water partition coefficient (Wildman–Crippen LogP) is 1.90. The Morgan fingerprint density at radius 3 is 3.00 bits per heavy atom. The third kappa shape index (κ3) is 4.40. The SMILES string of the molecule is CCOC(C)CNCc1cnccc1C. The van der Waals surface area contributed by atoms with Crippen LogP contribution in [0, 0.1) is 6.92 Å². The van der Waals surface area contributed by atoms with E-state index in [1.54, 1.807) is 0 Å². The number of aromatic nitrogens is 1. The highest BCUT2D eigenvalue weighted by Crippen LogP contribution is 2.03. The molecule has 0 saturated heterocycles. The van der Waals surface area contributed by atoms with Crippen LogP contribution in [0.1, 0.15) is 25.0 Å². The second-order valence-electron chi connectivity index (χ2n) is 3.70. The molecule has 0 radical (unpaired) electrons. The van der Waals surface area contributed by atoms with E-state index in [1.807, 2.05) is 25.4 Å². The van der Waals surface area contributed by atoms with Gasteiger partial charge < -0.3 is 10.1 Å². The molecule has 1 aromatic heterocycles. The summed E-state index contributed by atoms with van der Waals surface area (Å²) in [7, 11) is 0. The molecule has 0 aliphatic carbocycles. The topological polar surface area (TPSA) is 34.1 Å². The molecule has 0 aliphatic rings. The van der Waals surface area contributed by atoms with Gasteiger partial charge in [-0.25, -0.2) is 0 Å². The number of pyridine rings is 1. The van der Waals surface area contributed by atoms with Crippen LogP contribution in [0.15, 0.2) is 18.5 Å². The lowest BCUT2D eigenvalue weighted by Gasteiger charge is -2.13. The molecule has 0 spiro atoms. The normalized spacial score (nSPS) is 12.7. The van der Waals surface area contributed by atoms with E-state index in [0.29, 0.717) is 0 Å². The number of nitrogens with zero attached hydrogens (tertiary/aromatic N) is 1. The summed E-state index contributed by atoms with van der Waals surface area (Å²) in [4.78, 5) is 4.11. The van der Waals surface area contributed by atoms with Crippen LogP contribution in [0.5, 0.6) is 0 Å². The molecular weight excluding hydrogens is 188 g/mol. The Balaban J connectivity index is 2.29. The van der Waals surface area contributed by atoms with Gasteiger partial charge in [0.1, 0.15) is 0 Å². The van der Waals surface area contributed by atoms with Crippen molar-refractivity contribution in [3.05, 3.63) is 29.6 Å². The van der Waals surface area contributed by atoms with Crippen molar-refractivity contribution in [1.29, 1.82) is 0 Å². The van der Waals surface area contributed by atoms with Crippen LogP contribution in [0.2, 0.25) is 0 Å². The number of ether oxygens (including phenoxy) is 1. The van der Waals surface area contributed by atoms with Crippen LogP contribution in [0.25, 0.3) is 0 Å². The standard InChI is InChI=1S/C12H20N2O/c1-4-15-11(3)7-14-9-12-8-13-6-5-10(12)2/h5-6,8,11,14H,4,7,9H2,1-3H3. The summed E-state index contributed by atoms with van der Waals surface area (Å²) in [6, 6.07) is 2.03. The van der Waals surface area contributed by atoms with Crippen molar-refractivity contribution in [1.82, 2.24) is 10.3 Å². The second-order valence-corrected chi connectivity index (χ2v) is 3.70. The van der Waals surface area contributed by atoms with E-state index in [9.17, 15) is 0 Å². The Kier molecular flexibility index (Phi) is 5.29. The van der Waals surface area contributed by atoms with Crippen LogP contribution in [-0.2, 0) is 11.3 Å². The average molecular weight is 208 g/mol. The molecule has 15 heavy (non-hydrogen) atoms. The van der Waals surface area contributed by atoms with E-state index in [1.165, 1.54) is 11.1 Å². The minimum absolute atomic E-state index is 0.270. The molecular formula is C12H20N2O. The molecule has 0 aliphatic heterocycles. The molecule has 84 valence electrons. The number of hydrogen-bond donors (Lipinski definition) is 1. The van der Waals surface area contributed by atoms with Crippen LogP contribution >= 0.6 is 0 Å². The fourth-order valence-corrected chi connectivity index (χ4v) is 1.44. The number of rotatable bonds is 6. The van der Waals surface area contributed by atoms with Gasteiger partial charge >= 0.3 is 0 Å². The first kappa shape index (κ1) is 12.1. The van der Waals surface area contributed by atoms with Gasteiger partial charge in [0, 0.05) is 32.1 Å². The zero-order chi connectivity index (χ0) is 11.1. The number of hydrogen-bond acceptors (Lipinski definition) is 3. The van der Waals surface area contributed by atoms with E-state index in [4.69, 9.17) is 4.74 Å². The van der Waals surface area contributed by atoms with Crippen molar-refractivity contribution in [2.24, 2.45) is 0 Å². The molecule has 0 fully saturated rings. The summed E-state index contributed by atoms with van der Waals surface area (Å²) < 4.78 is 5.43. The molecule has 0 aromatic carbocycles. The first-order valence-corrected chi connectivity index (χ1v) is 5.45. The van der Waals surface area contributed by atoms with Crippen LogP contribution in [0.4, 0.5) is 0 Å². The maximum absolute atomic E-state index is 5.43. The molecule has 1 heterocycles. The summed E-state index contributed by atoms with van der Waals surface area (Å²) in [6.45, 7) is 8.70. The third-order valence-corrected chi connectivity index (χ3v) is 2.35. The summed E-state index contributed by atoms with van der Waals surface area (Å²) >= 11 is 0. The molecule has 1 rings (SSSR count). The van der Waals surface area contributed by atoms with Crippen molar-refractivity contribution in [3.63, 3.8) is 0 Å². The van der Waals surface area contributed by atoms with Crippen LogP contribution in [0.3, 0.4) is 0 Å². The Morgan fingerprint density at radius 2 is 2.33 bits per heavy atom. The van der Waals surface area contributed by atoms with Gasteiger partial charge in [0.25, 0.3) is 0 Å². The first-order chi connectivity index (χ1) is 7.24. The highest BCUT2D eigenvalue weighted by atomic mass is 16.5. The van der Waals surface area contributed by atoms with Gasteiger partial charge in [0.2, 0.25) is 0 Å². The van der Waals surface area contributed by atoms with Crippen molar-refractivity contribution in [2.75, 3.05) is 13.2 Å². The first-order valence-electron chi connectivity index (χ1n) is 5.45. The van der Waals surface area contributed by atoms with Crippen molar-refractivity contribution in [2.45, 2.75) is 33.4 Å². The molecule has 1 atom stereocenters. The average Bonchev–Trinajstić information content (AvgIpc) is 2.21. The van der Waals surface area contributed by atoms with Crippen molar-refractivity contribution in [3.8, 4) is 0 Å². The van der Waals surface area contributed by atoms with E-state index in [-0.39, 0.29) is 6.10 Å². The Bertz CT molecular complexity index is 289. The quantitative estimate of drug-likeness (QED) is 0.775. The molecule has 0 bridgehead atoms. The lowest BCUT2D eigenvalue weighted by atomic mass is 10.1. The molecule has 1 aromatic rings.